The van der Waals surface area contributed by atoms with Crippen LogP contribution in [0.2, 0.25) is 0 Å². The summed E-state index contributed by atoms with van der Waals surface area (Å²) in [7, 11) is 2.27. The van der Waals surface area contributed by atoms with Gasteiger partial charge in [0.25, 0.3) is 0 Å². The van der Waals surface area contributed by atoms with E-state index < -0.39 is 17.7 Å². The predicted molar refractivity (Wildman–Crippen MR) is 42.8 cm³/mol. The Kier molecular flexibility index (Phi) is 4.43. The quantitative estimate of drug-likeness (QED) is 0.265. The molecule has 0 fully saturated rings. The van der Waals surface area contributed by atoms with Gasteiger partial charge in [-0.25, -0.2) is 9.59 Å². The van der Waals surface area contributed by atoms with Crippen molar-refractivity contribution in [2.24, 2.45) is 0 Å². The highest BCUT2D eigenvalue weighted by molar-refractivity contribution is 6.19. The predicted octanol–water partition coefficient (Wildman–Crippen LogP) is -0.152. The second kappa shape index (κ2) is 5.08. The third-order valence-electron chi connectivity index (χ3n) is 1.25. The molecule has 0 aliphatic heterocycles. The van der Waals surface area contributed by atoms with Gasteiger partial charge in [0.05, 0.1) is 14.2 Å². The van der Waals surface area contributed by atoms with Crippen LogP contribution in [-0.2, 0) is 23.9 Å². The summed E-state index contributed by atoms with van der Waals surface area (Å²) in [6.07, 6.45) is 0.800. The number of ether oxygens (including phenoxy) is 2. The molecule has 0 aliphatic rings. The van der Waals surface area contributed by atoms with Gasteiger partial charge in [-0.3, -0.25) is 4.79 Å². The van der Waals surface area contributed by atoms with E-state index in [0.717, 1.165) is 27.2 Å². The van der Waals surface area contributed by atoms with Gasteiger partial charge in [-0.1, -0.05) is 0 Å². The SMILES string of the molecule is COC(=O)/C=C(/C(C)=O)C(=O)OC. The zero-order valence-corrected chi connectivity index (χ0v) is 7.62. The van der Waals surface area contributed by atoms with Crippen LogP contribution >= 0.6 is 0 Å². The first-order valence-corrected chi connectivity index (χ1v) is 3.41. The molecule has 0 spiro atoms. The van der Waals surface area contributed by atoms with Gasteiger partial charge in [0.15, 0.2) is 5.78 Å². The summed E-state index contributed by atoms with van der Waals surface area (Å²) in [4.78, 5) is 32.4. The molecule has 0 aromatic heterocycles. The van der Waals surface area contributed by atoms with Gasteiger partial charge in [-0.15, -0.1) is 0 Å². The molecule has 0 aromatic carbocycles. The van der Waals surface area contributed by atoms with Crippen molar-refractivity contribution in [3.63, 3.8) is 0 Å². The Bertz CT molecular complexity index is 264. The van der Waals surface area contributed by atoms with Crippen molar-refractivity contribution < 1.29 is 23.9 Å². The highest BCUT2D eigenvalue weighted by Crippen LogP contribution is 1.99. The van der Waals surface area contributed by atoms with E-state index in [1.165, 1.54) is 0 Å². The van der Waals surface area contributed by atoms with Crippen molar-refractivity contribution in [2.45, 2.75) is 6.92 Å². The van der Waals surface area contributed by atoms with E-state index in [1.54, 1.807) is 0 Å². The van der Waals surface area contributed by atoms with E-state index in [4.69, 9.17) is 0 Å². The molecule has 0 heterocycles. The first kappa shape index (κ1) is 11.4. The van der Waals surface area contributed by atoms with Gasteiger partial charge in [0.2, 0.25) is 0 Å². The summed E-state index contributed by atoms with van der Waals surface area (Å²) in [6.45, 7) is 1.16. The Morgan fingerprint density at radius 3 is 1.92 bits per heavy atom. The van der Waals surface area contributed by atoms with Crippen LogP contribution in [0.4, 0.5) is 0 Å². The third kappa shape index (κ3) is 3.50. The van der Waals surface area contributed by atoms with Gasteiger partial charge in [0, 0.05) is 6.08 Å². The molecule has 0 saturated heterocycles. The Hall–Kier alpha value is -1.65. The molecular formula is C8H10O5. The molecule has 0 atom stereocenters. The molecule has 0 unspecified atom stereocenters. The Morgan fingerprint density at radius 1 is 1.08 bits per heavy atom. The van der Waals surface area contributed by atoms with Crippen molar-refractivity contribution in [2.75, 3.05) is 14.2 Å². The number of rotatable bonds is 3. The van der Waals surface area contributed by atoms with Crippen LogP contribution in [0.15, 0.2) is 11.6 Å². The molecule has 0 amide bonds. The number of Topliss-reactive ketones (excluding diaryl/α,β-unsaturated/α-hetero) is 1. The maximum atomic E-state index is 10.9. The van der Waals surface area contributed by atoms with E-state index in [1.807, 2.05) is 0 Å². The fourth-order valence-electron chi connectivity index (χ4n) is 0.591. The fraction of sp³-hybridized carbons (Fsp3) is 0.375. The zero-order valence-electron chi connectivity index (χ0n) is 7.62. The average molecular weight is 186 g/mol. The van der Waals surface area contributed by atoms with Crippen molar-refractivity contribution in [3.05, 3.63) is 11.6 Å². The molecule has 13 heavy (non-hydrogen) atoms. The Morgan fingerprint density at radius 2 is 1.62 bits per heavy atom. The van der Waals surface area contributed by atoms with E-state index in [-0.39, 0.29) is 5.57 Å². The normalized spacial score (nSPS) is 10.5. The molecule has 0 radical (unpaired) electrons. The smallest absolute Gasteiger partial charge is 0.341 e. The fourth-order valence-corrected chi connectivity index (χ4v) is 0.591. The first-order valence-electron chi connectivity index (χ1n) is 3.41. The van der Waals surface area contributed by atoms with Crippen molar-refractivity contribution in [1.29, 1.82) is 0 Å². The molecule has 0 bridgehead atoms. The summed E-state index contributed by atoms with van der Waals surface area (Å²) in [6, 6.07) is 0. The van der Waals surface area contributed by atoms with Gasteiger partial charge in [-0.05, 0) is 6.92 Å². The molecule has 0 saturated carbocycles. The number of hydrogen-bond donors (Lipinski definition) is 0. The standard InChI is InChI=1S/C8H10O5/c1-5(9)6(8(11)13-3)4-7(10)12-2/h4H,1-3H3/b6-4-. The number of ketones is 1. The molecule has 0 aliphatic carbocycles. The number of esters is 2. The van der Waals surface area contributed by atoms with Crippen LogP contribution in [-0.4, -0.2) is 31.9 Å². The van der Waals surface area contributed by atoms with E-state index in [0.29, 0.717) is 0 Å². The summed E-state index contributed by atoms with van der Waals surface area (Å²) in [5.41, 5.74) is -0.325. The van der Waals surface area contributed by atoms with E-state index >= 15 is 0 Å². The highest BCUT2D eigenvalue weighted by atomic mass is 16.5. The summed E-state index contributed by atoms with van der Waals surface area (Å²) in [5, 5.41) is 0. The van der Waals surface area contributed by atoms with Gasteiger partial charge < -0.3 is 9.47 Å². The summed E-state index contributed by atoms with van der Waals surface area (Å²) >= 11 is 0. The Labute approximate surface area is 75.3 Å². The topological polar surface area (TPSA) is 69.7 Å². The number of hydrogen-bond acceptors (Lipinski definition) is 5. The molecule has 0 rings (SSSR count). The van der Waals surface area contributed by atoms with Crippen LogP contribution in [0.5, 0.6) is 0 Å². The number of carbonyl (C=O) groups excluding carboxylic acids is 3. The lowest BCUT2D eigenvalue weighted by atomic mass is 10.2. The third-order valence-corrected chi connectivity index (χ3v) is 1.25. The molecule has 0 aromatic rings. The molecular weight excluding hydrogens is 176 g/mol. The highest BCUT2D eigenvalue weighted by Gasteiger charge is 2.16. The molecule has 5 heteroatoms. The number of methoxy groups -OCH3 is 2. The maximum absolute atomic E-state index is 10.9. The van der Waals surface area contributed by atoms with Crippen LogP contribution in [0, 0.1) is 0 Å². The largest absolute Gasteiger partial charge is 0.466 e. The first-order chi connectivity index (χ1) is 6.02. The molecule has 72 valence electrons. The minimum Gasteiger partial charge on any atom is -0.466 e. The monoisotopic (exact) mass is 186 g/mol. The summed E-state index contributed by atoms with van der Waals surface area (Å²) < 4.78 is 8.53. The lowest BCUT2D eigenvalue weighted by Crippen LogP contribution is -2.14. The van der Waals surface area contributed by atoms with Crippen LogP contribution < -0.4 is 0 Å². The van der Waals surface area contributed by atoms with Crippen molar-refractivity contribution >= 4 is 17.7 Å². The zero-order chi connectivity index (χ0) is 10.4. The van der Waals surface area contributed by atoms with Gasteiger partial charge >= 0.3 is 11.9 Å². The minimum absolute atomic E-state index is 0.325. The molecule has 5 nitrogen and oxygen atoms in total. The minimum atomic E-state index is -0.849. The van der Waals surface area contributed by atoms with Gasteiger partial charge in [-0.2, -0.15) is 0 Å². The number of carbonyl (C=O) groups is 3. The van der Waals surface area contributed by atoms with Gasteiger partial charge in [0.1, 0.15) is 5.57 Å². The van der Waals surface area contributed by atoms with E-state index in [9.17, 15) is 14.4 Å². The van der Waals surface area contributed by atoms with E-state index in [2.05, 4.69) is 9.47 Å². The second-order valence-corrected chi connectivity index (χ2v) is 2.13. The van der Waals surface area contributed by atoms with Crippen LogP contribution in [0.1, 0.15) is 6.92 Å². The Balaban J connectivity index is 4.81. The second-order valence-electron chi connectivity index (χ2n) is 2.13. The van der Waals surface area contributed by atoms with Crippen molar-refractivity contribution in [1.82, 2.24) is 0 Å². The van der Waals surface area contributed by atoms with Crippen molar-refractivity contribution in [3.8, 4) is 0 Å². The average Bonchev–Trinajstić information content (AvgIpc) is 2.11. The summed E-state index contributed by atoms with van der Waals surface area (Å²) in [5.74, 6) is -2.16. The lowest BCUT2D eigenvalue weighted by Gasteiger charge is -1.99. The molecule has 0 N–H and O–H groups in total. The van der Waals surface area contributed by atoms with Crippen LogP contribution in [0.3, 0.4) is 0 Å². The lowest BCUT2D eigenvalue weighted by molar-refractivity contribution is -0.139. The maximum Gasteiger partial charge on any atom is 0.341 e. The van der Waals surface area contributed by atoms with Crippen LogP contribution in [0.25, 0.3) is 0 Å².